The first-order valence-electron chi connectivity index (χ1n) is 11.4. The minimum atomic E-state index is -0.469. The van der Waals surface area contributed by atoms with Crippen LogP contribution in [0.4, 0.5) is 4.79 Å². The average Bonchev–Trinajstić information content (AvgIpc) is 3.20. The summed E-state index contributed by atoms with van der Waals surface area (Å²) in [7, 11) is 1.63. The second kappa shape index (κ2) is 8.46. The molecule has 2 aromatic rings. The number of aromatic nitrogens is 2. The number of urea groups is 1. The van der Waals surface area contributed by atoms with Gasteiger partial charge < -0.3 is 10.1 Å². The van der Waals surface area contributed by atoms with Crippen molar-refractivity contribution < 1.29 is 14.3 Å². The van der Waals surface area contributed by atoms with Gasteiger partial charge in [0.05, 0.1) is 18.0 Å². The monoisotopic (exact) mass is 454 g/mol. The van der Waals surface area contributed by atoms with Crippen molar-refractivity contribution in [1.29, 1.82) is 0 Å². The number of rotatable bonds is 6. The van der Waals surface area contributed by atoms with Gasteiger partial charge in [0, 0.05) is 24.0 Å². The molecular formula is C24H30N4O3S. The zero-order valence-electron chi connectivity index (χ0n) is 18.5. The van der Waals surface area contributed by atoms with E-state index in [9.17, 15) is 9.59 Å². The second-order valence-electron chi connectivity index (χ2n) is 9.68. The van der Waals surface area contributed by atoms with Crippen molar-refractivity contribution >= 4 is 23.7 Å². The molecule has 0 aliphatic heterocycles. The van der Waals surface area contributed by atoms with E-state index in [4.69, 9.17) is 4.74 Å². The Morgan fingerprint density at radius 1 is 1.19 bits per heavy atom. The molecule has 1 heterocycles. The number of hydrogen-bond donors (Lipinski definition) is 2. The van der Waals surface area contributed by atoms with Crippen LogP contribution in [0.25, 0.3) is 5.69 Å². The maximum atomic E-state index is 12.8. The number of thioether (sulfide) groups is 1. The van der Waals surface area contributed by atoms with Gasteiger partial charge in [0.2, 0.25) is 5.91 Å². The van der Waals surface area contributed by atoms with Crippen LogP contribution < -0.4 is 15.4 Å². The lowest BCUT2D eigenvalue weighted by atomic mass is 9.53. The summed E-state index contributed by atoms with van der Waals surface area (Å²) in [4.78, 5) is 29.9. The maximum Gasteiger partial charge on any atom is 0.321 e. The Kier molecular flexibility index (Phi) is 5.65. The number of benzene rings is 1. The number of nitrogens with one attached hydrogen (secondary N) is 2. The van der Waals surface area contributed by atoms with E-state index in [0.717, 1.165) is 48.5 Å². The Balaban J connectivity index is 1.20. The third kappa shape index (κ3) is 4.25. The van der Waals surface area contributed by atoms with Gasteiger partial charge in [0.1, 0.15) is 5.75 Å². The van der Waals surface area contributed by atoms with Crippen molar-refractivity contribution in [3.8, 4) is 11.4 Å². The third-order valence-electron chi connectivity index (χ3n) is 7.24. The van der Waals surface area contributed by atoms with E-state index in [1.165, 1.54) is 31.0 Å². The van der Waals surface area contributed by atoms with Gasteiger partial charge in [-0.2, -0.15) is 0 Å². The van der Waals surface area contributed by atoms with Crippen LogP contribution in [0.1, 0.15) is 45.4 Å². The second-order valence-corrected chi connectivity index (χ2v) is 11.0. The van der Waals surface area contributed by atoms with Crippen LogP contribution in [0.3, 0.4) is 0 Å². The summed E-state index contributed by atoms with van der Waals surface area (Å²) in [5.41, 5.74) is 0.787. The van der Waals surface area contributed by atoms with Crippen molar-refractivity contribution in [3.05, 3.63) is 36.7 Å². The smallest absolute Gasteiger partial charge is 0.321 e. The van der Waals surface area contributed by atoms with Crippen LogP contribution in [0.5, 0.6) is 5.75 Å². The molecule has 1 aromatic heterocycles. The Hall–Kier alpha value is -2.48. The summed E-state index contributed by atoms with van der Waals surface area (Å²) >= 11 is 1.32. The highest BCUT2D eigenvalue weighted by atomic mass is 32.2. The van der Waals surface area contributed by atoms with Gasteiger partial charge in [0.25, 0.3) is 0 Å². The van der Waals surface area contributed by atoms with Gasteiger partial charge in [-0.05, 0) is 75.3 Å². The Labute approximate surface area is 192 Å². The molecular weight excluding hydrogens is 424 g/mol. The number of amides is 3. The van der Waals surface area contributed by atoms with Gasteiger partial charge in [-0.1, -0.05) is 17.8 Å². The minimum Gasteiger partial charge on any atom is -0.497 e. The van der Waals surface area contributed by atoms with Gasteiger partial charge >= 0.3 is 6.03 Å². The van der Waals surface area contributed by atoms with Gasteiger partial charge in [-0.25, -0.2) is 9.78 Å². The molecule has 3 amide bonds. The Morgan fingerprint density at radius 2 is 1.88 bits per heavy atom. The van der Waals surface area contributed by atoms with Crippen molar-refractivity contribution in [1.82, 2.24) is 20.2 Å². The first kappa shape index (κ1) is 21.4. The first-order chi connectivity index (χ1) is 15.4. The Morgan fingerprint density at radius 3 is 2.53 bits per heavy atom. The normalized spacial score (nSPS) is 28.9. The van der Waals surface area contributed by atoms with Crippen LogP contribution >= 0.6 is 11.8 Å². The Bertz CT molecular complexity index is 985. The number of carbonyl (C=O) groups excluding carboxylic acids is 2. The van der Waals surface area contributed by atoms with Crippen LogP contribution in [0, 0.1) is 17.8 Å². The van der Waals surface area contributed by atoms with E-state index >= 15 is 0 Å². The zero-order chi connectivity index (χ0) is 22.3. The molecule has 6 rings (SSSR count). The summed E-state index contributed by atoms with van der Waals surface area (Å²) in [6.07, 6.45) is 10.7. The zero-order valence-corrected chi connectivity index (χ0v) is 19.4. The van der Waals surface area contributed by atoms with E-state index in [1.807, 2.05) is 35.0 Å². The quantitative estimate of drug-likeness (QED) is 0.641. The minimum absolute atomic E-state index is 0.113. The van der Waals surface area contributed by atoms with E-state index < -0.39 is 5.25 Å². The van der Waals surface area contributed by atoms with E-state index in [1.54, 1.807) is 20.2 Å². The molecule has 32 heavy (non-hydrogen) atoms. The highest BCUT2D eigenvalue weighted by Gasteiger charge is 2.51. The molecule has 4 fully saturated rings. The topological polar surface area (TPSA) is 85.2 Å². The number of ether oxygens (including phenoxy) is 1. The molecule has 2 N–H and O–H groups in total. The van der Waals surface area contributed by atoms with E-state index in [0.29, 0.717) is 5.16 Å². The van der Waals surface area contributed by atoms with E-state index in [-0.39, 0.29) is 17.5 Å². The first-order valence-corrected chi connectivity index (χ1v) is 12.3. The molecule has 170 valence electrons. The molecule has 7 nitrogen and oxygen atoms in total. The number of nitrogens with zero attached hydrogens (tertiary/aromatic N) is 2. The molecule has 4 aliphatic carbocycles. The fourth-order valence-corrected chi connectivity index (χ4v) is 7.18. The van der Waals surface area contributed by atoms with E-state index in [2.05, 4.69) is 15.6 Å². The summed E-state index contributed by atoms with van der Waals surface area (Å²) in [5.74, 6) is 2.66. The van der Waals surface area contributed by atoms with Crippen molar-refractivity contribution in [2.45, 2.75) is 61.4 Å². The van der Waals surface area contributed by atoms with Gasteiger partial charge in [-0.15, -0.1) is 0 Å². The summed E-state index contributed by atoms with van der Waals surface area (Å²) in [5, 5.41) is 6.00. The van der Waals surface area contributed by atoms with Gasteiger partial charge in [0.15, 0.2) is 5.16 Å². The fourth-order valence-electron chi connectivity index (χ4n) is 6.29. The lowest BCUT2D eigenvalue weighted by Gasteiger charge is -2.56. The largest absolute Gasteiger partial charge is 0.497 e. The van der Waals surface area contributed by atoms with Gasteiger partial charge in [-0.3, -0.25) is 14.7 Å². The number of hydrogen-bond acceptors (Lipinski definition) is 5. The predicted molar refractivity (Wildman–Crippen MR) is 123 cm³/mol. The number of carbonyl (C=O) groups is 2. The number of methoxy groups -OCH3 is 1. The highest BCUT2D eigenvalue weighted by molar-refractivity contribution is 8.00. The highest BCUT2D eigenvalue weighted by Crippen LogP contribution is 2.55. The molecule has 0 radical (unpaired) electrons. The average molecular weight is 455 g/mol. The fraction of sp³-hybridized carbons (Fsp3) is 0.542. The number of imidazole rings is 1. The van der Waals surface area contributed by atoms with Crippen LogP contribution in [0.2, 0.25) is 0 Å². The van der Waals surface area contributed by atoms with Crippen LogP contribution in [-0.2, 0) is 4.79 Å². The predicted octanol–water partition coefficient (Wildman–Crippen LogP) is 4.16. The van der Waals surface area contributed by atoms with Crippen molar-refractivity contribution in [3.63, 3.8) is 0 Å². The number of imide groups is 1. The molecule has 0 saturated heterocycles. The molecule has 4 bridgehead atoms. The lowest BCUT2D eigenvalue weighted by molar-refractivity contribution is -0.119. The SMILES string of the molecule is COc1cccc(-n2ccnc2S[C@@H](C)C(=O)NC(=O)NC23CC4CC(CC(C4)C2)C3)c1. The summed E-state index contributed by atoms with van der Waals surface area (Å²) in [6.45, 7) is 1.79. The molecule has 1 atom stereocenters. The molecule has 1 aromatic carbocycles. The maximum absolute atomic E-state index is 12.8. The van der Waals surface area contributed by atoms with Crippen molar-refractivity contribution in [2.75, 3.05) is 7.11 Å². The molecule has 8 heteroatoms. The molecule has 4 aliphatic rings. The standard InChI is InChI=1S/C24H30N4O3S/c1-15(32-23-25-6-7-28(23)19-4-3-5-20(11-19)31-2)21(29)26-22(30)27-24-12-16-8-17(13-24)10-18(9-16)14-24/h3-7,11,15-18H,8-10,12-14H2,1-2H3,(H2,26,27,29,30)/t15-,16?,17?,18?,24?/m0/s1. The van der Waals surface area contributed by atoms with Crippen molar-refractivity contribution in [2.24, 2.45) is 17.8 Å². The van der Waals surface area contributed by atoms with Crippen LogP contribution in [0.15, 0.2) is 41.8 Å². The summed E-state index contributed by atoms with van der Waals surface area (Å²) < 4.78 is 7.22. The molecule has 0 unspecified atom stereocenters. The molecule has 4 saturated carbocycles. The molecule has 0 spiro atoms. The van der Waals surface area contributed by atoms with Crippen LogP contribution in [-0.4, -0.2) is 39.4 Å². The third-order valence-corrected chi connectivity index (χ3v) is 8.32. The lowest BCUT2D eigenvalue weighted by Crippen LogP contribution is -2.62. The summed E-state index contributed by atoms with van der Waals surface area (Å²) in [6, 6.07) is 7.30.